The molecule has 23 heavy (non-hydrogen) atoms. The normalized spacial score (nSPS) is 22.8. The second kappa shape index (κ2) is 5.78. The average Bonchev–Trinajstić information content (AvgIpc) is 2.86. The first kappa shape index (κ1) is 14.4. The third kappa shape index (κ3) is 2.43. The fourth-order valence-corrected chi connectivity index (χ4v) is 3.99. The lowest BCUT2D eigenvalue weighted by molar-refractivity contribution is 0.308. The molecule has 1 heterocycles. The van der Waals surface area contributed by atoms with Gasteiger partial charge in [0.15, 0.2) is 5.11 Å². The Bertz CT molecular complexity index is 769. The van der Waals surface area contributed by atoms with Crippen LogP contribution in [0.4, 0.5) is 0 Å². The van der Waals surface area contributed by atoms with Crippen LogP contribution in [0, 0.1) is 5.92 Å². The molecule has 0 bridgehead atoms. The van der Waals surface area contributed by atoms with E-state index in [9.17, 15) is 0 Å². The highest BCUT2D eigenvalue weighted by Gasteiger charge is 2.41. The van der Waals surface area contributed by atoms with Crippen LogP contribution in [0.1, 0.15) is 35.6 Å². The van der Waals surface area contributed by atoms with Gasteiger partial charge in [-0.05, 0) is 42.6 Å². The summed E-state index contributed by atoms with van der Waals surface area (Å²) in [5.74, 6) is 0.336. The van der Waals surface area contributed by atoms with Crippen LogP contribution in [0.5, 0.6) is 0 Å². The van der Waals surface area contributed by atoms with E-state index in [-0.39, 0.29) is 6.04 Å². The van der Waals surface area contributed by atoms with Gasteiger partial charge in [0.2, 0.25) is 0 Å². The van der Waals surface area contributed by atoms with Crippen molar-refractivity contribution >= 4 is 23.0 Å². The first-order valence-corrected chi connectivity index (χ1v) is 8.47. The highest BCUT2D eigenvalue weighted by Crippen LogP contribution is 2.42. The summed E-state index contributed by atoms with van der Waals surface area (Å²) in [6.45, 7) is 0. The molecule has 3 nitrogen and oxygen atoms in total. The van der Waals surface area contributed by atoms with Crippen molar-refractivity contribution in [1.82, 2.24) is 5.01 Å². The average molecular weight is 321 g/mol. The first-order chi connectivity index (χ1) is 11.3. The first-order valence-electron chi connectivity index (χ1n) is 8.06. The number of rotatable bonds is 1. The highest BCUT2D eigenvalue weighted by atomic mass is 32.1. The van der Waals surface area contributed by atoms with Gasteiger partial charge in [-0.25, -0.2) is 5.01 Å². The summed E-state index contributed by atoms with van der Waals surface area (Å²) in [6, 6.07) is 19.1. The molecular weight excluding hydrogens is 302 g/mol. The van der Waals surface area contributed by atoms with Gasteiger partial charge in [0.1, 0.15) is 0 Å². The molecule has 2 atom stereocenters. The van der Waals surface area contributed by atoms with Crippen molar-refractivity contribution in [2.24, 2.45) is 16.8 Å². The zero-order valence-corrected chi connectivity index (χ0v) is 13.7. The van der Waals surface area contributed by atoms with E-state index < -0.39 is 0 Å². The molecule has 116 valence electrons. The standard InChI is InChI=1S/C19H19N3S/c20-19(23)22-18(14-8-2-1-3-9-14)16-12-6-10-13-7-4-5-11-15(13)17(16)21-22/h1-5,7-9,11,16,18H,6,10,12H2,(H2,20,23)/t16-,18+/m1/s1. The molecule has 0 spiro atoms. The molecule has 2 aromatic carbocycles. The monoisotopic (exact) mass is 321 g/mol. The van der Waals surface area contributed by atoms with Crippen molar-refractivity contribution in [3.63, 3.8) is 0 Å². The van der Waals surface area contributed by atoms with Crippen molar-refractivity contribution in [3.05, 3.63) is 71.3 Å². The number of hydrogen-bond acceptors (Lipinski definition) is 2. The predicted octanol–water partition coefficient (Wildman–Crippen LogP) is 3.64. The van der Waals surface area contributed by atoms with Crippen LogP contribution in [0.25, 0.3) is 0 Å². The Balaban J connectivity index is 1.84. The minimum Gasteiger partial charge on any atom is -0.375 e. The van der Waals surface area contributed by atoms with Crippen molar-refractivity contribution in [1.29, 1.82) is 0 Å². The second-order valence-electron chi connectivity index (χ2n) is 6.18. The van der Waals surface area contributed by atoms with Crippen molar-refractivity contribution in [3.8, 4) is 0 Å². The van der Waals surface area contributed by atoms with Crippen LogP contribution in [0.3, 0.4) is 0 Å². The summed E-state index contributed by atoms with van der Waals surface area (Å²) in [6.07, 6.45) is 3.38. The van der Waals surface area contributed by atoms with E-state index >= 15 is 0 Å². The van der Waals surface area contributed by atoms with Gasteiger partial charge in [0.25, 0.3) is 0 Å². The fraction of sp³-hybridized carbons (Fsp3) is 0.263. The van der Waals surface area contributed by atoms with E-state index in [4.69, 9.17) is 23.1 Å². The van der Waals surface area contributed by atoms with Gasteiger partial charge in [-0.3, -0.25) is 0 Å². The van der Waals surface area contributed by atoms with Gasteiger partial charge in [0.05, 0.1) is 11.8 Å². The third-order valence-electron chi connectivity index (χ3n) is 4.83. The predicted molar refractivity (Wildman–Crippen MR) is 97.2 cm³/mol. The van der Waals surface area contributed by atoms with Crippen molar-refractivity contribution < 1.29 is 0 Å². The summed E-state index contributed by atoms with van der Waals surface area (Å²) < 4.78 is 0. The number of hydrazone groups is 1. The van der Waals surface area contributed by atoms with Crippen LogP contribution in [0.15, 0.2) is 59.7 Å². The van der Waals surface area contributed by atoms with Crippen molar-refractivity contribution in [2.75, 3.05) is 0 Å². The third-order valence-corrected chi connectivity index (χ3v) is 5.02. The zero-order valence-electron chi connectivity index (χ0n) is 12.9. The Morgan fingerprint density at radius 1 is 1.09 bits per heavy atom. The van der Waals surface area contributed by atoms with Crippen molar-refractivity contribution in [2.45, 2.75) is 25.3 Å². The molecule has 0 amide bonds. The summed E-state index contributed by atoms with van der Waals surface area (Å²) in [5.41, 5.74) is 11.0. The summed E-state index contributed by atoms with van der Waals surface area (Å²) >= 11 is 5.28. The Kier molecular flexibility index (Phi) is 3.62. The minimum absolute atomic E-state index is 0.106. The van der Waals surface area contributed by atoms with Gasteiger partial charge < -0.3 is 5.73 Å². The molecule has 0 saturated heterocycles. The zero-order chi connectivity index (χ0) is 15.8. The largest absolute Gasteiger partial charge is 0.375 e. The Hall–Kier alpha value is -2.20. The van der Waals surface area contributed by atoms with Crippen LogP contribution in [-0.2, 0) is 6.42 Å². The SMILES string of the molecule is NC(=S)N1N=C2c3ccccc3CCC[C@H]2[C@@H]1c1ccccc1. The Morgan fingerprint density at radius 3 is 2.61 bits per heavy atom. The van der Waals surface area contributed by atoms with E-state index in [1.807, 2.05) is 11.1 Å². The molecule has 0 unspecified atom stereocenters. The molecule has 0 aromatic heterocycles. The topological polar surface area (TPSA) is 41.6 Å². The molecule has 1 aliphatic carbocycles. The molecule has 1 aliphatic heterocycles. The van der Waals surface area contributed by atoms with E-state index in [1.54, 1.807) is 0 Å². The van der Waals surface area contributed by atoms with Crippen LogP contribution in [0.2, 0.25) is 0 Å². The fourth-order valence-electron chi connectivity index (χ4n) is 3.83. The molecule has 0 saturated carbocycles. The van der Waals surface area contributed by atoms with Gasteiger partial charge >= 0.3 is 0 Å². The molecule has 4 rings (SSSR count). The van der Waals surface area contributed by atoms with E-state index in [0.29, 0.717) is 11.0 Å². The maximum absolute atomic E-state index is 5.99. The number of nitrogens with zero attached hydrogens (tertiary/aromatic N) is 2. The lowest BCUT2D eigenvalue weighted by atomic mass is 9.85. The highest BCUT2D eigenvalue weighted by molar-refractivity contribution is 7.80. The maximum Gasteiger partial charge on any atom is 0.187 e. The molecule has 2 aromatic rings. The number of fused-ring (bicyclic) bond motifs is 3. The van der Waals surface area contributed by atoms with Crippen LogP contribution < -0.4 is 5.73 Å². The molecule has 0 fully saturated rings. The van der Waals surface area contributed by atoms with E-state index in [1.165, 1.54) is 16.7 Å². The molecule has 0 radical (unpaired) electrons. The number of thiocarbonyl (C=S) groups is 1. The molecular formula is C19H19N3S. The molecule has 2 aliphatic rings. The van der Waals surface area contributed by atoms with E-state index in [2.05, 4.69) is 48.5 Å². The lowest BCUT2D eigenvalue weighted by Crippen LogP contribution is -2.34. The maximum atomic E-state index is 5.99. The number of hydrogen-bond donors (Lipinski definition) is 1. The summed E-state index contributed by atoms with van der Waals surface area (Å²) in [7, 11) is 0. The Morgan fingerprint density at radius 2 is 1.83 bits per heavy atom. The van der Waals surface area contributed by atoms with Gasteiger partial charge in [0, 0.05) is 11.5 Å². The second-order valence-corrected chi connectivity index (χ2v) is 6.60. The number of benzene rings is 2. The Labute approximate surface area is 141 Å². The van der Waals surface area contributed by atoms with Crippen LogP contribution >= 0.6 is 12.2 Å². The van der Waals surface area contributed by atoms with Gasteiger partial charge in [-0.15, -0.1) is 0 Å². The number of nitrogens with two attached hydrogens (primary N) is 1. The van der Waals surface area contributed by atoms with Crippen LogP contribution in [-0.4, -0.2) is 15.8 Å². The smallest absolute Gasteiger partial charge is 0.187 e. The summed E-state index contributed by atoms with van der Waals surface area (Å²) in [4.78, 5) is 0. The summed E-state index contributed by atoms with van der Waals surface area (Å²) in [5, 5.41) is 7.04. The molecule has 4 heteroatoms. The van der Waals surface area contributed by atoms with Gasteiger partial charge in [-0.1, -0.05) is 54.6 Å². The number of aryl methyl sites for hydroxylation is 1. The minimum atomic E-state index is 0.106. The lowest BCUT2D eigenvalue weighted by Gasteiger charge is -2.27. The quantitative estimate of drug-likeness (QED) is 0.815. The van der Waals surface area contributed by atoms with E-state index in [0.717, 1.165) is 25.0 Å². The molecule has 2 N–H and O–H groups in total. The van der Waals surface area contributed by atoms with Gasteiger partial charge in [-0.2, -0.15) is 5.10 Å².